The Balaban J connectivity index is 1.90. The Morgan fingerprint density at radius 2 is 2.08 bits per heavy atom. The van der Waals surface area contributed by atoms with Crippen LogP contribution in [0.5, 0.6) is 0 Å². The van der Waals surface area contributed by atoms with Crippen molar-refractivity contribution in [3.05, 3.63) is 11.8 Å². The minimum absolute atomic E-state index is 0.101. The molecule has 1 aliphatic heterocycles. The smallest absolute Gasteiger partial charge is 0.286 e. The minimum atomic E-state index is -0.367. The lowest BCUT2D eigenvalue weighted by Crippen LogP contribution is -2.40. The molecule has 0 aromatic rings. The maximum Gasteiger partial charge on any atom is 0.286 e. The minimum Gasteiger partial charge on any atom is -0.459 e. The number of hydrogen-bond donors (Lipinski definition) is 2. The lowest BCUT2D eigenvalue weighted by atomic mass is 9.90. The Labute approximate surface area is 145 Å². The van der Waals surface area contributed by atoms with Gasteiger partial charge in [-0.05, 0) is 43.6 Å². The highest BCUT2D eigenvalue weighted by atomic mass is 16.7. The van der Waals surface area contributed by atoms with Gasteiger partial charge in [0.05, 0.1) is 6.61 Å². The maximum atomic E-state index is 12.6. The quantitative estimate of drug-likeness (QED) is 0.667. The fourth-order valence-electron chi connectivity index (χ4n) is 3.34. The van der Waals surface area contributed by atoms with Crippen LogP contribution in [0, 0.1) is 11.8 Å². The maximum absolute atomic E-state index is 12.6. The lowest BCUT2D eigenvalue weighted by Gasteiger charge is -2.32. The molecule has 0 radical (unpaired) electrons. The van der Waals surface area contributed by atoms with E-state index in [1.165, 1.54) is 19.3 Å². The second-order valence-corrected chi connectivity index (χ2v) is 7.33. The van der Waals surface area contributed by atoms with Gasteiger partial charge in [-0.15, -0.1) is 0 Å². The number of carbonyl (C=O) groups excluding carboxylic acids is 1. The summed E-state index contributed by atoms with van der Waals surface area (Å²) in [5, 5.41) is 12.0. The normalized spacial score (nSPS) is 25.2. The van der Waals surface area contributed by atoms with Gasteiger partial charge in [-0.2, -0.15) is 0 Å². The van der Waals surface area contributed by atoms with Crippen LogP contribution >= 0.6 is 0 Å². The van der Waals surface area contributed by atoms with Crippen LogP contribution in [0.25, 0.3) is 0 Å². The highest BCUT2D eigenvalue weighted by molar-refractivity contribution is 5.91. The van der Waals surface area contributed by atoms with Gasteiger partial charge in [0, 0.05) is 19.1 Å². The molecule has 2 N–H and O–H groups in total. The van der Waals surface area contributed by atoms with E-state index in [0.717, 1.165) is 32.1 Å². The first-order valence-corrected chi connectivity index (χ1v) is 9.52. The molecular formula is C19H33NO4. The Morgan fingerprint density at radius 3 is 2.75 bits per heavy atom. The van der Waals surface area contributed by atoms with Crippen LogP contribution in [0.2, 0.25) is 0 Å². The summed E-state index contributed by atoms with van der Waals surface area (Å²) in [4.78, 5) is 12.6. The predicted molar refractivity (Wildman–Crippen MR) is 93.2 cm³/mol. The molecule has 138 valence electrons. The highest BCUT2D eigenvalue weighted by Crippen LogP contribution is 2.29. The number of aliphatic hydroxyl groups excluding tert-OH is 1. The Hall–Kier alpha value is -1.07. The fourth-order valence-corrected chi connectivity index (χ4v) is 3.34. The van der Waals surface area contributed by atoms with Crippen LogP contribution in [0.15, 0.2) is 11.8 Å². The van der Waals surface area contributed by atoms with Gasteiger partial charge < -0.3 is 19.9 Å². The molecule has 24 heavy (non-hydrogen) atoms. The van der Waals surface area contributed by atoms with Crippen molar-refractivity contribution >= 4 is 5.91 Å². The molecule has 2 rings (SSSR count). The SMILES string of the molecule is CC(C)[C@@H]1C=C(C(=O)NC2CCCCC2)O[C@H](OCCCCO)C1. The third-order valence-electron chi connectivity index (χ3n) is 4.97. The van der Waals surface area contributed by atoms with Crippen molar-refractivity contribution in [3.63, 3.8) is 0 Å². The average molecular weight is 339 g/mol. The zero-order valence-electron chi connectivity index (χ0n) is 15.1. The highest BCUT2D eigenvalue weighted by Gasteiger charge is 2.30. The van der Waals surface area contributed by atoms with E-state index in [1.54, 1.807) is 0 Å². The first kappa shape index (κ1) is 19.3. The van der Waals surface area contributed by atoms with Crippen LogP contribution in [0.1, 0.15) is 65.2 Å². The number of nitrogens with one attached hydrogen (secondary N) is 1. The van der Waals surface area contributed by atoms with Gasteiger partial charge in [-0.3, -0.25) is 4.79 Å². The fraction of sp³-hybridized carbons (Fsp3) is 0.842. The summed E-state index contributed by atoms with van der Waals surface area (Å²) in [5.41, 5.74) is 0. The van der Waals surface area contributed by atoms with Crippen molar-refractivity contribution in [2.75, 3.05) is 13.2 Å². The molecule has 1 saturated carbocycles. The monoisotopic (exact) mass is 339 g/mol. The molecule has 1 amide bonds. The van der Waals surface area contributed by atoms with E-state index in [0.29, 0.717) is 18.3 Å². The summed E-state index contributed by atoms with van der Waals surface area (Å²) in [7, 11) is 0. The molecule has 0 unspecified atom stereocenters. The molecule has 2 atom stereocenters. The van der Waals surface area contributed by atoms with Crippen molar-refractivity contribution in [2.45, 2.75) is 77.5 Å². The zero-order chi connectivity index (χ0) is 17.4. The average Bonchev–Trinajstić information content (AvgIpc) is 2.59. The Kier molecular flexibility index (Phi) is 8.06. The Morgan fingerprint density at radius 1 is 1.33 bits per heavy atom. The van der Waals surface area contributed by atoms with E-state index >= 15 is 0 Å². The summed E-state index contributed by atoms with van der Waals surface area (Å²) in [6.45, 7) is 5.05. The molecule has 0 bridgehead atoms. The number of hydrogen-bond acceptors (Lipinski definition) is 4. The lowest BCUT2D eigenvalue weighted by molar-refractivity contribution is -0.151. The molecule has 0 aromatic carbocycles. The molecule has 0 saturated heterocycles. The number of amides is 1. The van der Waals surface area contributed by atoms with Gasteiger partial charge in [0.15, 0.2) is 5.76 Å². The zero-order valence-corrected chi connectivity index (χ0v) is 15.1. The van der Waals surface area contributed by atoms with Crippen LogP contribution in [-0.4, -0.2) is 36.6 Å². The summed E-state index contributed by atoms with van der Waals surface area (Å²) in [5.74, 6) is 1.04. The standard InChI is InChI=1S/C19H33NO4/c1-14(2)15-12-17(19(22)20-16-8-4-3-5-9-16)24-18(13-15)23-11-7-6-10-21/h12,14-16,18,21H,3-11,13H2,1-2H3,(H,20,22)/t15-,18+/m1/s1. The molecular weight excluding hydrogens is 306 g/mol. The van der Waals surface area contributed by atoms with Crippen molar-refractivity contribution in [1.82, 2.24) is 5.32 Å². The van der Waals surface area contributed by atoms with E-state index in [4.69, 9.17) is 14.6 Å². The van der Waals surface area contributed by atoms with Gasteiger partial charge in [-0.1, -0.05) is 33.1 Å². The third-order valence-corrected chi connectivity index (χ3v) is 4.97. The number of allylic oxidation sites excluding steroid dienone is 1. The molecule has 5 nitrogen and oxygen atoms in total. The summed E-state index contributed by atoms with van der Waals surface area (Å²) >= 11 is 0. The Bertz CT molecular complexity index is 416. The predicted octanol–water partition coefficient (Wildman–Crippen LogP) is 3.13. The first-order chi connectivity index (χ1) is 11.6. The van der Waals surface area contributed by atoms with Gasteiger partial charge in [-0.25, -0.2) is 0 Å². The number of carbonyl (C=O) groups is 1. The molecule has 1 heterocycles. The van der Waals surface area contributed by atoms with Crippen molar-refractivity contribution < 1.29 is 19.4 Å². The number of unbranched alkanes of at least 4 members (excludes halogenated alkanes) is 1. The number of ether oxygens (including phenoxy) is 2. The second-order valence-electron chi connectivity index (χ2n) is 7.33. The molecule has 0 aromatic heterocycles. The van der Waals surface area contributed by atoms with Gasteiger partial charge >= 0.3 is 0 Å². The second kappa shape index (κ2) is 10.0. The molecule has 2 aliphatic rings. The van der Waals surface area contributed by atoms with E-state index in [1.807, 2.05) is 6.08 Å². The largest absolute Gasteiger partial charge is 0.459 e. The first-order valence-electron chi connectivity index (χ1n) is 9.52. The van der Waals surface area contributed by atoms with E-state index in [-0.39, 0.29) is 30.8 Å². The third kappa shape index (κ3) is 6.10. The summed E-state index contributed by atoms with van der Waals surface area (Å²) < 4.78 is 11.6. The molecule has 0 spiro atoms. The van der Waals surface area contributed by atoms with Crippen LogP contribution < -0.4 is 5.32 Å². The van der Waals surface area contributed by atoms with Crippen molar-refractivity contribution in [3.8, 4) is 0 Å². The molecule has 1 aliphatic carbocycles. The topological polar surface area (TPSA) is 67.8 Å². The van der Waals surface area contributed by atoms with E-state index in [9.17, 15) is 4.79 Å². The molecule has 1 fully saturated rings. The van der Waals surface area contributed by atoms with Crippen LogP contribution in [0.4, 0.5) is 0 Å². The van der Waals surface area contributed by atoms with Gasteiger partial charge in [0.25, 0.3) is 5.91 Å². The van der Waals surface area contributed by atoms with Gasteiger partial charge in [0.2, 0.25) is 6.29 Å². The number of rotatable bonds is 8. The van der Waals surface area contributed by atoms with Crippen molar-refractivity contribution in [1.29, 1.82) is 0 Å². The number of aliphatic hydroxyl groups is 1. The van der Waals surface area contributed by atoms with Crippen molar-refractivity contribution in [2.24, 2.45) is 11.8 Å². The van der Waals surface area contributed by atoms with E-state index < -0.39 is 0 Å². The molecule has 5 heteroatoms. The van der Waals surface area contributed by atoms with Gasteiger partial charge in [0.1, 0.15) is 0 Å². The summed E-state index contributed by atoms with van der Waals surface area (Å²) in [6.07, 6.45) is 9.68. The summed E-state index contributed by atoms with van der Waals surface area (Å²) in [6, 6.07) is 0.277. The van der Waals surface area contributed by atoms with Crippen LogP contribution in [0.3, 0.4) is 0 Å². The van der Waals surface area contributed by atoms with Crippen LogP contribution in [-0.2, 0) is 14.3 Å². The van der Waals surface area contributed by atoms with E-state index in [2.05, 4.69) is 19.2 Å².